The molecule has 0 bridgehead atoms. The van der Waals surface area contributed by atoms with Gasteiger partial charge in [0, 0.05) is 11.3 Å². The van der Waals surface area contributed by atoms with E-state index in [9.17, 15) is 18.5 Å². The molecule has 1 aromatic carbocycles. The molecule has 0 amide bonds. The van der Waals surface area contributed by atoms with Crippen LogP contribution in [0.1, 0.15) is 12.8 Å². The monoisotopic (exact) mass is 255 g/mol. The van der Waals surface area contributed by atoms with Crippen LogP contribution in [0, 0.1) is 10.1 Å². The van der Waals surface area contributed by atoms with Gasteiger partial charge >= 0.3 is 5.37 Å². The maximum atomic E-state index is 12.0. The Labute approximate surface area is 99.8 Å². The van der Waals surface area contributed by atoms with Gasteiger partial charge in [-0.1, -0.05) is 24.3 Å². The van der Waals surface area contributed by atoms with Crippen LogP contribution in [0.25, 0.3) is 0 Å². The van der Waals surface area contributed by atoms with Gasteiger partial charge in [-0.3, -0.25) is 10.1 Å². The summed E-state index contributed by atoms with van der Waals surface area (Å²) in [5.41, 5.74) is 0. The molecule has 0 aliphatic heterocycles. The van der Waals surface area contributed by atoms with Gasteiger partial charge in [0.2, 0.25) is 9.84 Å². The summed E-state index contributed by atoms with van der Waals surface area (Å²) < 4.78 is 24.0. The first-order valence-corrected chi connectivity index (χ1v) is 6.58. The summed E-state index contributed by atoms with van der Waals surface area (Å²) in [7, 11) is -3.92. The largest absolute Gasteiger partial charge is 0.315 e. The van der Waals surface area contributed by atoms with Crippen molar-refractivity contribution < 1.29 is 13.3 Å². The van der Waals surface area contributed by atoms with Crippen LogP contribution in [0.4, 0.5) is 0 Å². The van der Waals surface area contributed by atoms with Gasteiger partial charge < -0.3 is 0 Å². The number of allylic oxidation sites excluding steroid dienone is 1. The van der Waals surface area contributed by atoms with E-state index in [0.29, 0.717) is 0 Å². The van der Waals surface area contributed by atoms with Crippen LogP contribution in [0.2, 0.25) is 0 Å². The number of hydrogen-bond acceptors (Lipinski definition) is 4. The Kier molecular flexibility index (Phi) is 4.39. The van der Waals surface area contributed by atoms with E-state index in [1.165, 1.54) is 30.3 Å². The summed E-state index contributed by atoms with van der Waals surface area (Å²) >= 11 is 0. The first-order chi connectivity index (χ1) is 8.00. The normalized spacial score (nSPS) is 12.9. The fourth-order valence-electron chi connectivity index (χ4n) is 1.40. The molecule has 0 spiro atoms. The Balaban J connectivity index is 3.09. The van der Waals surface area contributed by atoms with Crippen molar-refractivity contribution in [3.05, 3.63) is 53.1 Å². The van der Waals surface area contributed by atoms with Gasteiger partial charge in [0.25, 0.3) is 0 Å². The predicted octanol–water partition coefficient (Wildman–Crippen LogP) is 2.03. The summed E-state index contributed by atoms with van der Waals surface area (Å²) in [5.74, 6) is 0. The first kappa shape index (κ1) is 13.4. The zero-order chi connectivity index (χ0) is 12.9. The standard InChI is InChI=1S/C11H13NO4S/c1-2-3-9-11(12(13)14)17(15,16)10-7-5-4-6-8-10/h2,4-8,11H,1,3,9H2/t11-/m1/s1. The molecule has 0 heterocycles. The van der Waals surface area contributed by atoms with Crippen LogP contribution in [0.15, 0.2) is 47.9 Å². The number of nitro groups is 1. The lowest BCUT2D eigenvalue weighted by atomic mass is 10.3. The van der Waals surface area contributed by atoms with Crippen molar-refractivity contribution in [1.82, 2.24) is 0 Å². The second-order valence-corrected chi connectivity index (χ2v) is 5.57. The van der Waals surface area contributed by atoms with Crippen molar-refractivity contribution in [3.8, 4) is 0 Å². The molecule has 0 N–H and O–H groups in total. The zero-order valence-electron chi connectivity index (χ0n) is 9.15. The molecule has 0 saturated carbocycles. The van der Waals surface area contributed by atoms with Crippen molar-refractivity contribution in [2.24, 2.45) is 0 Å². The highest BCUT2D eigenvalue weighted by Gasteiger charge is 2.36. The smallest absolute Gasteiger partial charge is 0.263 e. The van der Waals surface area contributed by atoms with E-state index in [4.69, 9.17) is 0 Å². The molecule has 0 radical (unpaired) electrons. The van der Waals surface area contributed by atoms with Crippen LogP contribution in [0.3, 0.4) is 0 Å². The van der Waals surface area contributed by atoms with Crippen molar-refractivity contribution in [2.75, 3.05) is 0 Å². The summed E-state index contributed by atoms with van der Waals surface area (Å²) in [4.78, 5) is 10.0. The van der Waals surface area contributed by atoms with Crippen LogP contribution in [0.5, 0.6) is 0 Å². The highest BCUT2D eigenvalue weighted by atomic mass is 32.2. The highest BCUT2D eigenvalue weighted by Crippen LogP contribution is 2.19. The summed E-state index contributed by atoms with van der Waals surface area (Å²) in [6.45, 7) is 3.43. The van der Waals surface area contributed by atoms with E-state index < -0.39 is 20.1 Å². The van der Waals surface area contributed by atoms with Gasteiger partial charge in [0.1, 0.15) is 0 Å². The van der Waals surface area contributed by atoms with E-state index in [1.54, 1.807) is 6.07 Å². The summed E-state index contributed by atoms with van der Waals surface area (Å²) in [5, 5.41) is 9.21. The van der Waals surface area contributed by atoms with Crippen molar-refractivity contribution in [1.29, 1.82) is 0 Å². The van der Waals surface area contributed by atoms with Crippen LogP contribution >= 0.6 is 0 Å². The average molecular weight is 255 g/mol. The molecule has 0 aromatic heterocycles. The fraction of sp³-hybridized carbons (Fsp3) is 0.273. The number of hydrogen-bond donors (Lipinski definition) is 0. The topological polar surface area (TPSA) is 77.3 Å². The summed E-state index contributed by atoms with van der Waals surface area (Å²) in [6, 6.07) is 7.46. The Bertz CT molecular complexity index is 495. The van der Waals surface area contributed by atoms with Gasteiger partial charge in [-0.05, 0) is 18.6 Å². The SMILES string of the molecule is C=CCC[C@H]([N+](=O)[O-])S(=O)(=O)c1ccccc1. The van der Waals surface area contributed by atoms with Gasteiger partial charge in [0.05, 0.1) is 4.90 Å². The second-order valence-electron chi connectivity index (χ2n) is 3.46. The minimum atomic E-state index is -3.92. The molecule has 0 saturated heterocycles. The average Bonchev–Trinajstić information content (AvgIpc) is 2.30. The molecule has 1 atom stereocenters. The second kappa shape index (κ2) is 5.58. The minimum absolute atomic E-state index is 0.0224. The number of rotatable bonds is 6. The lowest BCUT2D eigenvalue weighted by molar-refractivity contribution is -0.497. The molecule has 0 aliphatic carbocycles. The zero-order valence-corrected chi connectivity index (χ0v) is 9.97. The van der Waals surface area contributed by atoms with Gasteiger partial charge in [-0.2, -0.15) is 0 Å². The third-order valence-electron chi connectivity index (χ3n) is 2.28. The lowest BCUT2D eigenvalue weighted by Gasteiger charge is -2.09. The fourth-order valence-corrected chi connectivity index (χ4v) is 2.93. The molecule has 92 valence electrons. The van der Waals surface area contributed by atoms with Gasteiger partial charge in [0.15, 0.2) is 0 Å². The van der Waals surface area contributed by atoms with Crippen molar-refractivity contribution >= 4 is 9.84 Å². The van der Waals surface area contributed by atoms with Crippen molar-refractivity contribution in [3.63, 3.8) is 0 Å². The Morgan fingerprint density at radius 1 is 1.35 bits per heavy atom. The molecule has 17 heavy (non-hydrogen) atoms. The van der Waals surface area contributed by atoms with E-state index in [-0.39, 0.29) is 17.7 Å². The molecule has 5 nitrogen and oxygen atoms in total. The van der Waals surface area contributed by atoms with E-state index in [2.05, 4.69) is 6.58 Å². The Hall–Kier alpha value is -1.69. The van der Waals surface area contributed by atoms with E-state index in [1.807, 2.05) is 0 Å². The predicted molar refractivity (Wildman–Crippen MR) is 63.8 cm³/mol. The molecule has 0 unspecified atom stereocenters. The number of benzene rings is 1. The molecule has 6 heteroatoms. The molecule has 0 fully saturated rings. The minimum Gasteiger partial charge on any atom is -0.263 e. The van der Waals surface area contributed by atoms with Crippen molar-refractivity contribution in [2.45, 2.75) is 23.1 Å². The highest BCUT2D eigenvalue weighted by molar-refractivity contribution is 7.91. The third kappa shape index (κ3) is 3.13. The number of nitrogens with zero attached hydrogens (tertiary/aromatic N) is 1. The lowest BCUT2D eigenvalue weighted by Crippen LogP contribution is -2.29. The summed E-state index contributed by atoms with van der Waals surface area (Å²) in [6.07, 6.45) is 1.70. The quantitative estimate of drug-likeness (QED) is 0.442. The maximum absolute atomic E-state index is 12.0. The van der Waals surface area contributed by atoms with Gasteiger partial charge in [-0.25, -0.2) is 8.42 Å². The maximum Gasteiger partial charge on any atom is 0.315 e. The third-order valence-corrected chi connectivity index (χ3v) is 4.34. The number of sulfone groups is 1. The van der Waals surface area contributed by atoms with E-state index >= 15 is 0 Å². The first-order valence-electron chi connectivity index (χ1n) is 5.03. The molecule has 0 aliphatic rings. The van der Waals surface area contributed by atoms with Crippen LogP contribution in [-0.2, 0) is 9.84 Å². The van der Waals surface area contributed by atoms with Crippen LogP contribution in [-0.4, -0.2) is 18.7 Å². The van der Waals surface area contributed by atoms with Gasteiger partial charge in [-0.15, -0.1) is 6.58 Å². The van der Waals surface area contributed by atoms with E-state index in [0.717, 1.165) is 0 Å². The molecular formula is C11H13NO4S. The van der Waals surface area contributed by atoms with Crippen LogP contribution < -0.4 is 0 Å². The molecule has 1 aromatic rings. The Morgan fingerprint density at radius 2 is 1.94 bits per heavy atom. The molecule has 1 rings (SSSR count). The molecular weight excluding hydrogens is 242 g/mol. The Morgan fingerprint density at radius 3 is 2.41 bits per heavy atom.